The number of halogens is 7. The van der Waals surface area contributed by atoms with E-state index in [4.69, 9.17) is 5.73 Å². The molecule has 0 aliphatic heterocycles. The molecule has 178 valence electrons. The van der Waals surface area contributed by atoms with Crippen LogP contribution in [0.4, 0.5) is 32.0 Å². The molecule has 33 heavy (non-hydrogen) atoms. The van der Waals surface area contributed by atoms with Crippen molar-refractivity contribution in [3.63, 3.8) is 0 Å². The van der Waals surface area contributed by atoms with Crippen molar-refractivity contribution < 1.29 is 35.9 Å². The lowest BCUT2D eigenvalue weighted by molar-refractivity contribution is -0.142. The fourth-order valence-corrected chi connectivity index (χ4v) is 4.62. The van der Waals surface area contributed by atoms with Gasteiger partial charge in [0.1, 0.15) is 15.4 Å². The monoisotopic (exact) mass is 557 g/mol. The highest BCUT2D eigenvalue weighted by Gasteiger charge is 2.38. The molecular weight excluding hydrogens is 544 g/mol. The number of nitrogens with zero attached hydrogens (tertiary/aromatic N) is 3. The molecule has 0 saturated heterocycles. The normalized spacial score (nSPS) is 12.4. The van der Waals surface area contributed by atoms with E-state index in [0.29, 0.717) is 11.3 Å². The van der Waals surface area contributed by atoms with E-state index in [1.165, 1.54) is 13.8 Å². The molecule has 0 aliphatic rings. The molecule has 3 heterocycles. The molecule has 0 bridgehead atoms. The molecule has 7 nitrogen and oxygen atoms in total. The van der Waals surface area contributed by atoms with Gasteiger partial charge in [-0.15, -0.1) is 11.3 Å². The highest BCUT2D eigenvalue weighted by atomic mass is 79.9. The Morgan fingerprint density at radius 1 is 1.18 bits per heavy atom. The fourth-order valence-electron chi connectivity index (χ4n) is 3.05. The van der Waals surface area contributed by atoms with Crippen LogP contribution in [-0.4, -0.2) is 26.6 Å². The van der Waals surface area contributed by atoms with Gasteiger partial charge in [-0.3, -0.25) is 14.3 Å². The number of hydrogen-bond donors (Lipinski definition) is 2. The van der Waals surface area contributed by atoms with Crippen LogP contribution < -0.4 is 11.1 Å². The first-order valence-electron chi connectivity index (χ1n) is 9.02. The second-order valence-electron chi connectivity index (χ2n) is 6.94. The Morgan fingerprint density at radius 3 is 2.33 bits per heavy atom. The zero-order chi connectivity index (χ0) is 24.9. The van der Waals surface area contributed by atoms with Crippen molar-refractivity contribution in [1.29, 1.82) is 0 Å². The number of fused-ring (bicyclic) bond motifs is 1. The third-order valence-corrected chi connectivity index (χ3v) is 6.64. The molecule has 0 radical (unpaired) electrons. The van der Waals surface area contributed by atoms with Gasteiger partial charge in [-0.2, -0.15) is 31.4 Å². The molecule has 3 N–H and O–H groups in total. The molecule has 3 aromatic heterocycles. The van der Waals surface area contributed by atoms with Crippen LogP contribution in [0.15, 0.2) is 10.5 Å². The van der Waals surface area contributed by atoms with Gasteiger partial charge in [0.2, 0.25) is 5.91 Å². The fraction of sp³-hybridized carbons (Fsp3) is 0.333. The number of pyridine rings is 1. The summed E-state index contributed by atoms with van der Waals surface area (Å²) in [7, 11) is 0. The zero-order valence-electron chi connectivity index (χ0n) is 16.8. The second-order valence-corrected chi connectivity index (χ2v) is 8.73. The number of carbonyl (C=O) groups is 2. The van der Waals surface area contributed by atoms with Gasteiger partial charge in [-0.05, 0) is 41.4 Å². The van der Waals surface area contributed by atoms with Crippen LogP contribution >= 0.6 is 27.3 Å². The molecule has 0 aromatic carbocycles. The molecule has 0 atom stereocenters. The average Bonchev–Trinajstić information content (AvgIpc) is 3.18. The largest absolute Gasteiger partial charge is 0.436 e. The maximum Gasteiger partial charge on any atom is 0.436 e. The van der Waals surface area contributed by atoms with Gasteiger partial charge < -0.3 is 11.1 Å². The van der Waals surface area contributed by atoms with Gasteiger partial charge in [-0.1, -0.05) is 0 Å². The first-order chi connectivity index (χ1) is 15.1. The quantitative estimate of drug-likeness (QED) is 0.429. The van der Waals surface area contributed by atoms with Gasteiger partial charge in [0.25, 0.3) is 5.91 Å². The summed E-state index contributed by atoms with van der Waals surface area (Å²) in [6.07, 6.45) is -9.75. The average molecular weight is 558 g/mol. The number of alkyl halides is 6. The Hall–Kier alpha value is -2.68. The summed E-state index contributed by atoms with van der Waals surface area (Å²) >= 11 is 3.43. The van der Waals surface area contributed by atoms with E-state index in [9.17, 15) is 35.9 Å². The summed E-state index contributed by atoms with van der Waals surface area (Å²) < 4.78 is 78.9. The topological polar surface area (TPSA) is 103 Å². The van der Waals surface area contributed by atoms with Crippen molar-refractivity contribution in [2.75, 3.05) is 5.32 Å². The minimum absolute atomic E-state index is 0.0967. The van der Waals surface area contributed by atoms with Crippen molar-refractivity contribution in [2.24, 2.45) is 5.73 Å². The van der Waals surface area contributed by atoms with Crippen LogP contribution in [-0.2, 0) is 23.7 Å². The highest BCUT2D eigenvalue weighted by Crippen LogP contribution is 2.40. The third-order valence-electron chi connectivity index (χ3n) is 4.59. The predicted octanol–water partition coefficient (Wildman–Crippen LogP) is 5.04. The molecule has 15 heteroatoms. The standard InChI is InChI=1S/C18H14BrF6N5O2S/c1-6-5-8(17(20,21)22)27-16-10(6)12(13(33-16)15(26)32)28-9(31)3-4-30-7(2)11(19)14(29-30)18(23,24)25/h5H,3-4H2,1-2H3,(H2,26,32)(H,28,31). The number of nitrogens with one attached hydrogen (secondary N) is 1. The molecule has 0 saturated carbocycles. The van der Waals surface area contributed by atoms with E-state index < -0.39 is 35.6 Å². The SMILES string of the molecule is Cc1cc(C(F)(F)F)nc2sc(C(N)=O)c(NC(=O)CCn3nc(C(F)(F)F)c(Br)c3C)c12. The number of amides is 2. The Balaban J connectivity index is 1.90. The van der Waals surface area contributed by atoms with Gasteiger partial charge in [0, 0.05) is 11.8 Å². The van der Waals surface area contributed by atoms with Crippen molar-refractivity contribution in [3.05, 3.63) is 38.1 Å². The number of primary amides is 1. The van der Waals surface area contributed by atoms with Crippen LogP contribution in [0, 0.1) is 13.8 Å². The summed E-state index contributed by atoms with van der Waals surface area (Å²) in [6, 6.07) is 0.777. The van der Waals surface area contributed by atoms with Crippen LogP contribution in [0.25, 0.3) is 10.2 Å². The first kappa shape index (κ1) is 25.0. The third kappa shape index (κ3) is 4.98. The molecule has 3 rings (SSSR count). The van der Waals surface area contributed by atoms with Crippen LogP contribution in [0.2, 0.25) is 0 Å². The van der Waals surface area contributed by atoms with Crippen molar-refractivity contribution in [1.82, 2.24) is 14.8 Å². The van der Waals surface area contributed by atoms with Crippen LogP contribution in [0.5, 0.6) is 0 Å². The molecule has 0 unspecified atom stereocenters. The second kappa shape index (κ2) is 8.59. The summed E-state index contributed by atoms with van der Waals surface area (Å²) in [6.45, 7) is 2.51. The lowest BCUT2D eigenvalue weighted by Gasteiger charge is -2.10. The molecule has 0 fully saturated rings. The van der Waals surface area contributed by atoms with Gasteiger partial charge >= 0.3 is 12.4 Å². The summed E-state index contributed by atoms with van der Waals surface area (Å²) in [4.78, 5) is 27.5. The minimum Gasteiger partial charge on any atom is -0.365 e. The molecule has 2 amide bonds. The molecule has 0 aliphatic carbocycles. The first-order valence-corrected chi connectivity index (χ1v) is 10.6. The van der Waals surface area contributed by atoms with Gasteiger partial charge in [-0.25, -0.2) is 4.98 Å². The maximum absolute atomic E-state index is 13.1. The number of aromatic nitrogens is 3. The lowest BCUT2D eigenvalue weighted by atomic mass is 10.1. The Bertz CT molecular complexity index is 1260. The van der Waals surface area contributed by atoms with Gasteiger partial charge in [0.05, 0.1) is 22.4 Å². The molecule has 0 spiro atoms. The van der Waals surface area contributed by atoms with E-state index in [1.54, 1.807) is 0 Å². The van der Waals surface area contributed by atoms with E-state index in [0.717, 1.165) is 10.7 Å². The van der Waals surface area contributed by atoms with E-state index in [-0.39, 0.29) is 49.5 Å². The van der Waals surface area contributed by atoms with Crippen molar-refractivity contribution in [2.45, 2.75) is 39.2 Å². The summed E-state index contributed by atoms with van der Waals surface area (Å²) in [5, 5.41) is 6.02. The number of thiophene rings is 1. The van der Waals surface area contributed by atoms with E-state index >= 15 is 0 Å². The zero-order valence-corrected chi connectivity index (χ0v) is 19.2. The van der Waals surface area contributed by atoms with Crippen molar-refractivity contribution in [3.8, 4) is 0 Å². The minimum atomic E-state index is -4.72. The van der Waals surface area contributed by atoms with Crippen LogP contribution in [0.1, 0.15) is 38.7 Å². The van der Waals surface area contributed by atoms with Gasteiger partial charge in [0.15, 0.2) is 5.69 Å². The smallest absolute Gasteiger partial charge is 0.365 e. The maximum atomic E-state index is 13.1. The highest BCUT2D eigenvalue weighted by molar-refractivity contribution is 9.10. The Kier molecular flexibility index (Phi) is 6.50. The number of hydrogen-bond acceptors (Lipinski definition) is 5. The van der Waals surface area contributed by atoms with Crippen molar-refractivity contribution >= 4 is 55.0 Å². The number of nitrogens with two attached hydrogens (primary N) is 1. The molecule has 3 aromatic rings. The summed E-state index contributed by atoms with van der Waals surface area (Å²) in [5.74, 6) is -1.70. The Morgan fingerprint density at radius 2 is 1.82 bits per heavy atom. The number of rotatable bonds is 5. The molecular formula is C18H14BrF6N5O2S. The van der Waals surface area contributed by atoms with E-state index in [2.05, 4.69) is 31.3 Å². The van der Waals surface area contributed by atoms with Crippen LogP contribution in [0.3, 0.4) is 0 Å². The predicted molar refractivity (Wildman–Crippen MR) is 111 cm³/mol. The Labute approximate surface area is 194 Å². The number of anilines is 1. The summed E-state index contributed by atoms with van der Waals surface area (Å²) in [5.41, 5.74) is 3.17. The number of carbonyl (C=O) groups excluding carboxylic acids is 2. The lowest BCUT2D eigenvalue weighted by Crippen LogP contribution is -2.19. The van der Waals surface area contributed by atoms with E-state index in [1.807, 2.05) is 0 Å². The number of aryl methyl sites for hydroxylation is 2.